The zero-order valence-corrected chi connectivity index (χ0v) is 12.4. The molecule has 0 aliphatic heterocycles. The first-order valence-electron chi connectivity index (χ1n) is 6.07. The molecule has 0 saturated carbocycles. The molecule has 0 bridgehead atoms. The number of aryl methyl sites for hydroxylation is 1. The topological polar surface area (TPSA) is 18.5 Å². The SMILES string of the molecule is CO[Si](C)(CCCc1cccc(C(F)(F)F)c1)OC. The van der Waals surface area contributed by atoms with Crippen LogP contribution in [0.3, 0.4) is 0 Å². The second-order valence-electron chi connectivity index (χ2n) is 4.59. The Morgan fingerprint density at radius 3 is 2.32 bits per heavy atom. The van der Waals surface area contributed by atoms with Crippen LogP contribution >= 0.6 is 0 Å². The molecule has 0 spiro atoms. The number of hydrogen-bond acceptors (Lipinski definition) is 2. The summed E-state index contributed by atoms with van der Waals surface area (Å²) < 4.78 is 48.3. The molecule has 0 amide bonds. The molecule has 0 atom stereocenters. The molecule has 19 heavy (non-hydrogen) atoms. The summed E-state index contributed by atoms with van der Waals surface area (Å²) in [5.41, 5.74) is 0.0990. The highest BCUT2D eigenvalue weighted by atomic mass is 28.4. The van der Waals surface area contributed by atoms with E-state index in [4.69, 9.17) is 8.85 Å². The smallest absolute Gasteiger partial charge is 0.398 e. The fourth-order valence-electron chi connectivity index (χ4n) is 1.80. The van der Waals surface area contributed by atoms with Crippen molar-refractivity contribution in [2.75, 3.05) is 14.2 Å². The van der Waals surface area contributed by atoms with Gasteiger partial charge >= 0.3 is 14.7 Å². The number of rotatable bonds is 6. The molecule has 0 aromatic heterocycles. The van der Waals surface area contributed by atoms with Crippen LogP contribution in [-0.4, -0.2) is 22.8 Å². The van der Waals surface area contributed by atoms with E-state index in [1.54, 1.807) is 20.3 Å². The number of hydrogen-bond donors (Lipinski definition) is 0. The molecule has 6 heteroatoms. The van der Waals surface area contributed by atoms with Crippen LogP contribution < -0.4 is 0 Å². The maximum Gasteiger partial charge on any atom is 0.416 e. The van der Waals surface area contributed by atoms with Gasteiger partial charge in [-0.1, -0.05) is 18.2 Å². The third-order valence-corrected chi connectivity index (χ3v) is 6.20. The van der Waals surface area contributed by atoms with Gasteiger partial charge in [-0.05, 0) is 37.1 Å². The second kappa shape index (κ2) is 6.54. The predicted octanol–water partition coefficient (Wildman–Crippen LogP) is 4.00. The Hall–Kier alpha value is -0.853. The molecule has 1 aromatic carbocycles. The Bertz CT molecular complexity index is 403. The molecule has 0 unspecified atom stereocenters. The van der Waals surface area contributed by atoms with Gasteiger partial charge in [0, 0.05) is 14.2 Å². The highest BCUT2D eigenvalue weighted by molar-refractivity contribution is 6.65. The molecule has 0 heterocycles. The van der Waals surface area contributed by atoms with Crippen LogP contribution in [0.25, 0.3) is 0 Å². The van der Waals surface area contributed by atoms with Crippen LogP contribution in [0.15, 0.2) is 24.3 Å². The first kappa shape index (κ1) is 16.2. The fourth-order valence-corrected chi connectivity index (χ4v) is 3.20. The van der Waals surface area contributed by atoms with E-state index < -0.39 is 20.3 Å². The van der Waals surface area contributed by atoms with E-state index in [0.29, 0.717) is 12.0 Å². The van der Waals surface area contributed by atoms with Gasteiger partial charge in [-0.2, -0.15) is 13.2 Å². The predicted molar refractivity (Wildman–Crippen MR) is 70.2 cm³/mol. The van der Waals surface area contributed by atoms with Crippen LogP contribution in [-0.2, 0) is 21.4 Å². The van der Waals surface area contributed by atoms with Gasteiger partial charge in [-0.25, -0.2) is 0 Å². The quantitative estimate of drug-likeness (QED) is 0.738. The first-order valence-corrected chi connectivity index (χ1v) is 8.59. The summed E-state index contributed by atoms with van der Waals surface area (Å²) in [4.78, 5) is 0. The van der Waals surface area contributed by atoms with Crippen molar-refractivity contribution in [1.29, 1.82) is 0 Å². The lowest BCUT2D eigenvalue weighted by Crippen LogP contribution is -2.35. The standard InChI is InChI=1S/C13H19F3O2Si/c1-17-19(3,18-2)9-5-7-11-6-4-8-12(10-11)13(14,15)16/h4,6,8,10H,5,7,9H2,1-3H3. The third-order valence-electron chi connectivity index (χ3n) is 3.21. The Morgan fingerprint density at radius 2 is 1.79 bits per heavy atom. The largest absolute Gasteiger partial charge is 0.416 e. The summed E-state index contributed by atoms with van der Waals surface area (Å²) in [5, 5.41) is 0. The molecule has 0 aliphatic rings. The molecule has 1 rings (SSSR count). The van der Waals surface area contributed by atoms with Crippen molar-refractivity contribution in [3.63, 3.8) is 0 Å². The number of halogens is 3. The average Bonchev–Trinajstić information content (AvgIpc) is 2.38. The minimum atomic E-state index is -4.28. The van der Waals surface area contributed by atoms with E-state index in [1.807, 2.05) is 6.55 Å². The third kappa shape index (κ3) is 4.97. The normalized spacial score (nSPS) is 12.7. The van der Waals surface area contributed by atoms with Crippen molar-refractivity contribution < 1.29 is 22.0 Å². The summed E-state index contributed by atoms with van der Waals surface area (Å²) >= 11 is 0. The summed E-state index contributed by atoms with van der Waals surface area (Å²) in [7, 11) is 1.10. The Labute approximate surface area is 112 Å². The van der Waals surface area contributed by atoms with Crippen molar-refractivity contribution in [2.24, 2.45) is 0 Å². The zero-order valence-electron chi connectivity index (χ0n) is 11.4. The summed E-state index contributed by atoms with van der Waals surface area (Å²) in [6.07, 6.45) is -2.93. The van der Waals surface area contributed by atoms with Gasteiger partial charge in [0.15, 0.2) is 0 Å². The average molecular weight is 292 g/mol. The lowest BCUT2D eigenvalue weighted by molar-refractivity contribution is -0.137. The van der Waals surface area contributed by atoms with Crippen LogP contribution in [0, 0.1) is 0 Å². The first-order chi connectivity index (χ1) is 8.80. The van der Waals surface area contributed by atoms with Gasteiger partial charge in [0.25, 0.3) is 0 Å². The second-order valence-corrected chi connectivity index (χ2v) is 8.18. The molecular weight excluding hydrogens is 273 g/mol. The van der Waals surface area contributed by atoms with Gasteiger partial charge in [-0.15, -0.1) is 0 Å². The van der Waals surface area contributed by atoms with E-state index >= 15 is 0 Å². The van der Waals surface area contributed by atoms with Gasteiger partial charge in [0.05, 0.1) is 5.56 Å². The molecule has 0 fully saturated rings. The highest BCUT2D eigenvalue weighted by Gasteiger charge is 2.30. The van der Waals surface area contributed by atoms with Crippen LogP contribution in [0.1, 0.15) is 17.5 Å². The molecule has 0 radical (unpaired) electrons. The molecule has 1 aromatic rings. The zero-order chi connectivity index (χ0) is 14.5. The van der Waals surface area contributed by atoms with E-state index in [-0.39, 0.29) is 0 Å². The molecule has 2 nitrogen and oxygen atoms in total. The van der Waals surface area contributed by atoms with Crippen LogP contribution in [0.2, 0.25) is 12.6 Å². The summed E-state index contributed by atoms with van der Waals surface area (Å²) in [6.45, 7) is 1.94. The van der Waals surface area contributed by atoms with Crippen LogP contribution in [0.5, 0.6) is 0 Å². The Balaban J connectivity index is 2.59. The molecule has 0 saturated heterocycles. The lowest BCUT2D eigenvalue weighted by atomic mass is 10.1. The van der Waals surface area contributed by atoms with Gasteiger partial charge in [-0.3, -0.25) is 0 Å². The maximum atomic E-state index is 12.6. The van der Waals surface area contributed by atoms with Crippen molar-refractivity contribution in [3.05, 3.63) is 35.4 Å². The van der Waals surface area contributed by atoms with Crippen molar-refractivity contribution >= 4 is 8.56 Å². The summed E-state index contributed by atoms with van der Waals surface area (Å²) in [6, 6.07) is 6.22. The van der Waals surface area contributed by atoms with Gasteiger partial charge in [0.2, 0.25) is 0 Å². The van der Waals surface area contributed by atoms with E-state index in [9.17, 15) is 13.2 Å². The van der Waals surface area contributed by atoms with Crippen molar-refractivity contribution in [3.8, 4) is 0 Å². The number of alkyl halides is 3. The Kier molecular flexibility index (Phi) is 5.58. The van der Waals surface area contributed by atoms with E-state index in [1.165, 1.54) is 12.1 Å². The van der Waals surface area contributed by atoms with Gasteiger partial charge in [0.1, 0.15) is 0 Å². The molecule has 0 aliphatic carbocycles. The van der Waals surface area contributed by atoms with Crippen LogP contribution in [0.4, 0.5) is 13.2 Å². The minimum Gasteiger partial charge on any atom is -0.398 e. The summed E-state index contributed by atoms with van der Waals surface area (Å²) in [5.74, 6) is 0. The lowest BCUT2D eigenvalue weighted by Gasteiger charge is -2.22. The van der Waals surface area contributed by atoms with Gasteiger partial charge < -0.3 is 8.85 Å². The van der Waals surface area contributed by atoms with E-state index in [0.717, 1.165) is 18.5 Å². The molecular formula is C13H19F3O2Si. The highest BCUT2D eigenvalue weighted by Crippen LogP contribution is 2.30. The van der Waals surface area contributed by atoms with Crippen molar-refractivity contribution in [1.82, 2.24) is 0 Å². The number of benzene rings is 1. The maximum absolute atomic E-state index is 12.6. The fraction of sp³-hybridized carbons (Fsp3) is 0.538. The molecule has 108 valence electrons. The van der Waals surface area contributed by atoms with Crippen molar-refractivity contribution in [2.45, 2.75) is 31.6 Å². The molecule has 0 N–H and O–H groups in total. The monoisotopic (exact) mass is 292 g/mol. The minimum absolute atomic E-state index is 0.594. The van der Waals surface area contributed by atoms with E-state index in [2.05, 4.69) is 0 Å². The Morgan fingerprint density at radius 1 is 1.16 bits per heavy atom.